The highest BCUT2D eigenvalue weighted by atomic mass is 79.9. The van der Waals surface area contributed by atoms with Gasteiger partial charge in [-0.25, -0.2) is 5.43 Å². The van der Waals surface area contributed by atoms with Crippen molar-refractivity contribution in [2.45, 2.75) is 6.92 Å². The van der Waals surface area contributed by atoms with Crippen molar-refractivity contribution < 1.29 is 4.79 Å². The lowest BCUT2D eigenvalue weighted by atomic mass is 10.1. The molecule has 0 aliphatic heterocycles. The molecule has 1 N–H and O–H groups in total. The van der Waals surface area contributed by atoms with Crippen LogP contribution in [0.3, 0.4) is 0 Å². The van der Waals surface area contributed by atoms with Gasteiger partial charge in [-0.3, -0.25) is 4.79 Å². The quantitative estimate of drug-likeness (QED) is 0.550. The predicted octanol–water partition coefficient (Wildman–Crippen LogP) is 4.01. The Morgan fingerprint density at radius 1 is 1.17 bits per heavy atom. The molecule has 3 aromatic rings. The monoisotopic (exact) mass is 369 g/mol. The van der Waals surface area contributed by atoms with E-state index in [-0.39, 0.29) is 5.91 Å². The Morgan fingerprint density at radius 2 is 1.87 bits per heavy atom. The molecule has 4 nitrogen and oxygen atoms in total. The fourth-order valence-electron chi connectivity index (χ4n) is 2.57. The number of hydrogen-bond acceptors (Lipinski definition) is 2. The smallest absolute Gasteiger partial charge is 0.272 e. The molecule has 0 fully saturated rings. The summed E-state index contributed by atoms with van der Waals surface area (Å²) in [6.07, 6.45) is 1.70. The van der Waals surface area contributed by atoms with E-state index in [9.17, 15) is 4.79 Å². The van der Waals surface area contributed by atoms with Crippen LogP contribution in [0.4, 0.5) is 0 Å². The molecule has 1 amide bonds. The van der Waals surface area contributed by atoms with Crippen LogP contribution in [0.5, 0.6) is 0 Å². The van der Waals surface area contributed by atoms with Crippen LogP contribution in [0.15, 0.2) is 58.1 Å². The molecule has 0 radical (unpaired) electrons. The van der Waals surface area contributed by atoms with E-state index in [4.69, 9.17) is 0 Å². The Morgan fingerprint density at radius 3 is 2.65 bits per heavy atom. The van der Waals surface area contributed by atoms with Crippen molar-refractivity contribution in [2.24, 2.45) is 12.1 Å². The lowest BCUT2D eigenvalue weighted by Gasteiger charge is -2.02. The number of carbonyl (C=O) groups is 1. The lowest BCUT2D eigenvalue weighted by molar-refractivity contribution is 0.0954. The van der Waals surface area contributed by atoms with Crippen molar-refractivity contribution in [3.05, 3.63) is 69.8 Å². The van der Waals surface area contributed by atoms with Gasteiger partial charge in [0.1, 0.15) is 0 Å². The molecule has 0 unspecified atom stereocenters. The third-order valence-electron chi connectivity index (χ3n) is 3.93. The van der Waals surface area contributed by atoms with Crippen LogP contribution in [0.25, 0.3) is 10.9 Å². The van der Waals surface area contributed by atoms with Crippen molar-refractivity contribution in [3.8, 4) is 0 Å². The van der Waals surface area contributed by atoms with E-state index in [0.717, 1.165) is 26.6 Å². The Bertz CT molecular complexity index is 912. The number of aromatic nitrogens is 1. The number of benzene rings is 2. The third-order valence-corrected chi connectivity index (χ3v) is 4.62. The van der Waals surface area contributed by atoms with Gasteiger partial charge in [-0.15, -0.1) is 0 Å². The Balaban J connectivity index is 1.86. The second-order valence-corrected chi connectivity index (χ2v) is 6.11. The van der Waals surface area contributed by atoms with Crippen LogP contribution in [0.2, 0.25) is 0 Å². The Labute approximate surface area is 142 Å². The molecular weight excluding hydrogens is 354 g/mol. The van der Waals surface area contributed by atoms with E-state index in [1.807, 2.05) is 44.3 Å². The summed E-state index contributed by atoms with van der Waals surface area (Å²) in [6, 6.07) is 15.4. The molecule has 1 aromatic heterocycles. The van der Waals surface area contributed by atoms with Gasteiger partial charge in [0.15, 0.2) is 0 Å². The van der Waals surface area contributed by atoms with Gasteiger partial charge < -0.3 is 4.57 Å². The normalized spacial score (nSPS) is 11.3. The van der Waals surface area contributed by atoms with Gasteiger partial charge in [-0.2, -0.15) is 5.10 Å². The summed E-state index contributed by atoms with van der Waals surface area (Å²) < 4.78 is 2.86. The zero-order valence-electron chi connectivity index (χ0n) is 12.9. The summed E-state index contributed by atoms with van der Waals surface area (Å²) in [5.74, 6) is -0.244. The average Bonchev–Trinajstić information content (AvgIpc) is 2.80. The van der Waals surface area contributed by atoms with E-state index >= 15 is 0 Å². The first-order chi connectivity index (χ1) is 11.1. The molecule has 0 saturated heterocycles. The fourth-order valence-corrected chi connectivity index (χ4v) is 3.04. The van der Waals surface area contributed by atoms with Crippen LogP contribution in [0.1, 0.15) is 21.6 Å². The number of nitrogens with zero attached hydrogens (tertiary/aromatic N) is 2. The summed E-state index contributed by atoms with van der Waals surface area (Å²) >= 11 is 3.37. The van der Waals surface area contributed by atoms with E-state index in [0.29, 0.717) is 5.56 Å². The van der Waals surface area contributed by atoms with Gasteiger partial charge in [0, 0.05) is 33.7 Å². The van der Waals surface area contributed by atoms with Crippen LogP contribution in [0, 0.1) is 6.92 Å². The standard InChI is InChI=1S/C18H16BrN3O/c1-12-15(13-7-4-6-10-17(13)22(12)2)11-20-21-18(23)14-8-3-5-9-16(14)19/h3-11H,1-2H3,(H,21,23)/b20-11+. The summed E-state index contributed by atoms with van der Waals surface area (Å²) in [7, 11) is 2.02. The van der Waals surface area contributed by atoms with Gasteiger partial charge in [-0.05, 0) is 41.1 Å². The summed E-state index contributed by atoms with van der Waals surface area (Å²) in [5.41, 5.74) is 6.39. The molecular formula is C18H16BrN3O. The van der Waals surface area contributed by atoms with Crippen molar-refractivity contribution >= 4 is 39.0 Å². The van der Waals surface area contributed by atoms with Crippen LogP contribution < -0.4 is 5.43 Å². The SMILES string of the molecule is Cc1c(/C=N/NC(=O)c2ccccc2Br)c2ccccc2n1C. The van der Waals surface area contributed by atoms with Gasteiger partial charge in [0.25, 0.3) is 5.91 Å². The topological polar surface area (TPSA) is 46.4 Å². The molecule has 0 aliphatic carbocycles. The molecule has 3 rings (SSSR count). The molecule has 0 bridgehead atoms. The summed E-state index contributed by atoms with van der Waals surface area (Å²) in [4.78, 5) is 12.1. The largest absolute Gasteiger partial charge is 0.347 e. The average molecular weight is 370 g/mol. The molecule has 0 aliphatic rings. The molecule has 1 heterocycles. The molecule has 23 heavy (non-hydrogen) atoms. The Hall–Kier alpha value is -2.40. The van der Waals surface area contributed by atoms with Crippen molar-refractivity contribution in [1.29, 1.82) is 0 Å². The maximum atomic E-state index is 12.1. The molecule has 2 aromatic carbocycles. The van der Waals surface area contributed by atoms with E-state index in [2.05, 4.69) is 43.2 Å². The number of para-hydroxylation sites is 1. The number of hydrogen-bond donors (Lipinski definition) is 1. The molecule has 0 atom stereocenters. The van der Waals surface area contributed by atoms with Gasteiger partial charge in [0.05, 0.1) is 11.8 Å². The minimum atomic E-state index is -0.244. The van der Waals surface area contributed by atoms with E-state index in [1.54, 1.807) is 12.3 Å². The zero-order chi connectivity index (χ0) is 16.4. The highest BCUT2D eigenvalue weighted by Crippen LogP contribution is 2.23. The number of nitrogens with one attached hydrogen (secondary N) is 1. The number of amides is 1. The van der Waals surface area contributed by atoms with Crippen molar-refractivity contribution in [1.82, 2.24) is 9.99 Å². The minimum absolute atomic E-state index is 0.244. The Kier molecular flexibility index (Phi) is 4.30. The van der Waals surface area contributed by atoms with E-state index in [1.165, 1.54) is 0 Å². The maximum Gasteiger partial charge on any atom is 0.272 e. The lowest BCUT2D eigenvalue weighted by Crippen LogP contribution is -2.18. The second kappa shape index (κ2) is 6.38. The van der Waals surface area contributed by atoms with Crippen LogP contribution in [-0.2, 0) is 7.05 Å². The first-order valence-electron chi connectivity index (χ1n) is 7.21. The molecule has 5 heteroatoms. The van der Waals surface area contributed by atoms with Crippen LogP contribution >= 0.6 is 15.9 Å². The first kappa shape index (κ1) is 15.5. The molecule has 116 valence electrons. The zero-order valence-corrected chi connectivity index (χ0v) is 14.5. The number of carbonyl (C=O) groups excluding carboxylic acids is 1. The molecule has 0 spiro atoms. The van der Waals surface area contributed by atoms with Crippen molar-refractivity contribution in [3.63, 3.8) is 0 Å². The number of halogens is 1. The summed E-state index contributed by atoms with van der Waals surface area (Å²) in [6.45, 7) is 2.04. The second-order valence-electron chi connectivity index (χ2n) is 5.25. The third kappa shape index (κ3) is 2.92. The highest BCUT2D eigenvalue weighted by Gasteiger charge is 2.10. The van der Waals surface area contributed by atoms with Crippen molar-refractivity contribution in [2.75, 3.05) is 0 Å². The summed E-state index contributed by atoms with van der Waals surface area (Å²) in [5, 5.41) is 5.24. The molecule has 0 saturated carbocycles. The number of aryl methyl sites for hydroxylation is 1. The number of fused-ring (bicyclic) bond motifs is 1. The van der Waals surface area contributed by atoms with E-state index < -0.39 is 0 Å². The maximum absolute atomic E-state index is 12.1. The highest BCUT2D eigenvalue weighted by molar-refractivity contribution is 9.10. The first-order valence-corrected chi connectivity index (χ1v) is 8.01. The number of hydrazone groups is 1. The van der Waals surface area contributed by atoms with Gasteiger partial charge in [-0.1, -0.05) is 30.3 Å². The van der Waals surface area contributed by atoms with Gasteiger partial charge in [0.2, 0.25) is 0 Å². The number of rotatable bonds is 3. The fraction of sp³-hybridized carbons (Fsp3) is 0.111. The van der Waals surface area contributed by atoms with Gasteiger partial charge >= 0.3 is 0 Å². The predicted molar refractivity (Wildman–Crippen MR) is 96.9 cm³/mol. The van der Waals surface area contributed by atoms with Crippen LogP contribution in [-0.4, -0.2) is 16.7 Å². The minimum Gasteiger partial charge on any atom is -0.347 e.